The first-order chi connectivity index (χ1) is 9.17. The van der Waals surface area contributed by atoms with E-state index in [0.717, 1.165) is 13.1 Å². The van der Waals surface area contributed by atoms with Crippen molar-refractivity contribution in [3.63, 3.8) is 0 Å². The number of nitrogens with one attached hydrogen (secondary N) is 1. The van der Waals surface area contributed by atoms with Gasteiger partial charge in [0.05, 0.1) is 0 Å². The molecule has 3 nitrogen and oxygen atoms in total. The van der Waals surface area contributed by atoms with E-state index in [-0.39, 0.29) is 0 Å². The number of hydrogen-bond donors (Lipinski definition) is 1. The highest BCUT2D eigenvalue weighted by Crippen LogP contribution is 2.12. The molecule has 3 heteroatoms. The Labute approximate surface area is 118 Å². The van der Waals surface area contributed by atoms with Crippen molar-refractivity contribution in [3.8, 4) is 0 Å². The topological polar surface area (TPSA) is 28.2 Å². The summed E-state index contributed by atoms with van der Waals surface area (Å²) in [6.45, 7) is 12.5. The van der Waals surface area contributed by atoms with Crippen LogP contribution in [0.2, 0.25) is 0 Å². The van der Waals surface area contributed by atoms with Crippen molar-refractivity contribution in [3.05, 3.63) is 30.1 Å². The van der Waals surface area contributed by atoms with E-state index in [0.29, 0.717) is 12.1 Å². The van der Waals surface area contributed by atoms with Crippen LogP contribution in [0.15, 0.2) is 24.5 Å². The number of pyridine rings is 1. The highest BCUT2D eigenvalue weighted by molar-refractivity contribution is 5.14. The van der Waals surface area contributed by atoms with Crippen LogP contribution in [0.25, 0.3) is 0 Å². The molecular formula is C16H29N3. The van der Waals surface area contributed by atoms with Crippen LogP contribution < -0.4 is 5.32 Å². The molecule has 1 heterocycles. The second kappa shape index (κ2) is 9.05. The Bertz CT molecular complexity index is 322. The van der Waals surface area contributed by atoms with Gasteiger partial charge in [0.1, 0.15) is 0 Å². The molecule has 0 aromatic carbocycles. The highest BCUT2D eigenvalue weighted by atomic mass is 15.1. The van der Waals surface area contributed by atoms with E-state index in [9.17, 15) is 0 Å². The number of hydrogen-bond acceptors (Lipinski definition) is 3. The van der Waals surface area contributed by atoms with Gasteiger partial charge in [-0.15, -0.1) is 0 Å². The molecule has 0 aliphatic carbocycles. The maximum Gasteiger partial charge on any atom is 0.0295 e. The first-order valence-electron chi connectivity index (χ1n) is 7.55. The minimum absolute atomic E-state index is 0.395. The normalized spacial score (nSPS) is 14.6. The Balaban J connectivity index is 2.25. The third-order valence-corrected chi connectivity index (χ3v) is 3.75. The first kappa shape index (κ1) is 16.1. The second-order valence-corrected chi connectivity index (χ2v) is 5.24. The number of rotatable bonds is 9. The Morgan fingerprint density at radius 1 is 1.16 bits per heavy atom. The SMILES string of the molecule is CCN(CC)CCCC(C)NC(C)c1ccncc1. The van der Waals surface area contributed by atoms with Gasteiger partial charge >= 0.3 is 0 Å². The van der Waals surface area contributed by atoms with Crippen LogP contribution in [0.4, 0.5) is 0 Å². The van der Waals surface area contributed by atoms with E-state index in [2.05, 4.69) is 55.0 Å². The maximum atomic E-state index is 4.06. The van der Waals surface area contributed by atoms with E-state index >= 15 is 0 Å². The summed E-state index contributed by atoms with van der Waals surface area (Å²) in [5.41, 5.74) is 1.31. The van der Waals surface area contributed by atoms with Crippen LogP contribution in [0, 0.1) is 0 Å². The molecule has 0 fully saturated rings. The van der Waals surface area contributed by atoms with Crippen molar-refractivity contribution >= 4 is 0 Å². The lowest BCUT2D eigenvalue weighted by molar-refractivity contribution is 0.288. The molecule has 0 saturated heterocycles. The summed E-state index contributed by atoms with van der Waals surface area (Å²) in [4.78, 5) is 6.55. The molecule has 108 valence electrons. The summed E-state index contributed by atoms with van der Waals surface area (Å²) in [5.74, 6) is 0. The van der Waals surface area contributed by atoms with Gasteiger partial charge in [-0.3, -0.25) is 4.98 Å². The third-order valence-electron chi connectivity index (χ3n) is 3.75. The van der Waals surface area contributed by atoms with E-state index in [1.807, 2.05) is 12.4 Å². The number of nitrogens with zero attached hydrogens (tertiary/aromatic N) is 2. The molecule has 1 aromatic rings. The molecule has 0 bridgehead atoms. The molecule has 0 radical (unpaired) electrons. The Hall–Kier alpha value is -0.930. The minimum atomic E-state index is 0.395. The van der Waals surface area contributed by atoms with Crippen molar-refractivity contribution in [1.29, 1.82) is 0 Å². The summed E-state index contributed by atoms with van der Waals surface area (Å²) in [6.07, 6.45) is 6.21. The predicted molar refractivity (Wildman–Crippen MR) is 82.3 cm³/mol. The fourth-order valence-electron chi connectivity index (χ4n) is 2.42. The fraction of sp³-hybridized carbons (Fsp3) is 0.688. The fourth-order valence-corrected chi connectivity index (χ4v) is 2.42. The summed E-state index contributed by atoms with van der Waals surface area (Å²) >= 11 is 0. The molecule has 2 unspecified atom stereocenters. The average molecular weight is 263 g/mol. The van der Waals surface area contributed by atoms with Crippen LogP contribution in [-0.2, 0) is 0 Å². The van der Waals surface area contributed by atoms with E-state index in [4.69, 9.17) is 0 Å². The van der Waals surface area contributed by atoms with Gasteiger partial charge in [0, 0.05) is 24.5 Å². The Morgan fingerprint density at radius 2 is 1.79 bits per heavy atom. The molecule has 2 atom stereocenters. The minimum Gasteiger partial charge on any atom is -0.308 e. The Morgan fingerprint density at radius 3 is 2.37 bits per heavy atom. The molecule has 0 spiro atoms. The zero-order chi connectivity index (χ0) is 14.1. The smallest absolute Gasteiger partial charge is 0.0295 e. The van der Waals surface area contributed by atoms with Crippen molar-refractivity contribution in [1.82, 2.24) is 15.2 Å². The van der Waals surface area contributed by atoms with E-state index in [1.165, 1.54) is 24.9 Å². The second-order valence-electron chi connectivity index (χ2n) is 5.24. The molecule has 0 saturated carbocycles. The van der Waals surface area contributed by atoms with Gasteiger partial charge in [0.15, 0.2) is 0 Å². The molecule has 0 aliphatic rings. The highest BCUT2D eigenvalue weighted by Gasteiger charge is 2.09. The molecule has 0 amide bonds. The van der Waals surface area contributed by atoms with Crippen molar-refractivity contribution in [2.45, 2.75) is 52.6 Å². The van der Waals surface area contributed by atoms with Gasteiger partial charge in [-0.05, 0) is 64.0 Å². The lowest BCUT2D eigenvalue weighted by Gasteiger charge is -2.22. The quantitative estimate of drug-likeness (QED) is 0.741. The third kappa shape index (κ3) is 6.17. The van der Waals surface area contributed by atoms with Crippen LogP contribution in [0.5, 0.6) is 0 Å². The molecule has 1 N–H and O–H groups in total. The largest absolute Gasteiger partial charge is 0.308 e. The van der Waals surface area contributed by atoms with Crippen LogP contribution in [0.1, 0.15) is 52.1 Å². The first-order valence-corrected chi connectivity index (χ1v) is 7.55. The molecule has 1 rings (SSSR count). The van der Waals surface area contributed by atoms with Gasteiger partial charge in [-0.1, -0.05) is 13.8 Å². The van der Waals surface area contributed by atoms with Gasteiger partial charge in [-0.2, -0.15) is 0 Å². The van der Waals surface area contributed by atoms with Gasteiger partial charge < -0.3 is 10.2 Å². The van der Waals surface area contributed by atoms with Gasteiger partial charge in [-0.25, -0.2) is 0 Å². The zero-order valence-corrected chi connectivity index (χ0v) is 12.9. The standard InChI is InChI=1S/C16H29N3/c1-5-19(6-2)13-7-8-14(3)18-15(4)16-9-11-17-12-10-16/h9-12,14-15,18H,5-8,13H2,1-4H3. The molecule has 19 heavy (non-hydrogen) atoms. The zero-order valence-electron chi connectivity index (χ0n) is 12.9. The maximum absolute atomic E-state index is 4.06. The Kier molecular flexibility index (Phi) is 7.68. The summed E-state index contributed by atoms with van der Waals surface area (Å²) < 4.78 is 0. The lowest BCUT2D eigenvalue weighted by atomic mass is 10.1. The average Bonchev–Trinajstić information content (AvgIpc) is 2.44. The monoisotopic (exact) mass is 263 g/mol. The van der Waals surface area contributed by atoms with Crippen LogP contribution in [0.3, 0.4) is 0 Å². The van der Waals surface area contributed by atoms with E-state index in [1.54, 1.807) is 0 Å². The molecule has 1 aromatic heterocycles. The summed E-state index contributed by atoms with van der Waals surface area (Å²) in [5, 5.41) is 3.66. The molecular weight excluding hydrogens is 234 g/mol. The van der Waals surface area contributed by atoms with Crippen molar-refractivity contribution in [2.24, 2.45) is 0 Å². The summed E-state index contributed by atoms with van der Waals surface area (Å²) in [6, 6.07) is 5.12. The van der Waals surface area contributed by atoms with Gasteiger partial charge in [0.25, 0.3) is 0 Å². The predicted octanol–water partition coefficient (Wildman–Crippen LogP) is 3.24. The van der Waals surface area contributed by atoms with Crippen LogP contribution in [-0.4, -0.2) is 35.6 Å². The van der Waals surface area contributed by atoms with Crippen molar-refractivity contribution in [2.75, 3.05) is 19.6 Å². The lowest BCUT2D eigenvalue weighted by Crippen LogP contribution is -2.30. The summed E-state index contributed by atoms with van der Waals surface area (Å²) in [7, 11) is 0. The molecule has 0 aliphatic heterocycles. The van der Waals surface area contributed by atoms with Crippen LogP contribution >= 0.6 is 0 Å². The van der Waals surface area contributed by atoms with E-state index < -0.39 is 0 Å². The van der Waals surface area contributed by atoms with Gasteiger partial charge in [0.2, 0.25) is 0 Å². The number of aromatic nitrogens is 1. The van der Waals surface area contributed by atoms with Crippen molar-refractivity contribution < 1.29 is 0 Å².